The zero-order valence-corrected chi connectivity index (χ0v) is 14.9. The summed E-state index contributed by atoms with van der Waals surface area (Å²) in [4.78, 5) is 11.4. The highest BCUT2D eigenvalue weighted by atomic mass is 32.2. The van der Waals surface area contributed by atoms with E-state index in [-0.39, 0.29) is 20.8 Å². The van der Waals surface area contributed by atoms with E-state index in [1.807, 2.05) is 0 Å². The van der Waals surface area contributed by atoms with Crippen LogP contribution in [0.2, 0.25) is 0 Å². The van der Waals surface area contributed by atoms with Crippen LogP contribution in [0.3, 0.4) is 0 Å². The molecule has 0 unspecified atom stereocenters. The Morgan fingerprint density at radius 2 is 1.67 bits per heavy atom. The van der Waals surface area contributed by atoms with Crippen molar-refractivity contribution in [1.82, 2.24) is 0 Å². The number of hydrogen-bond acceptors (Lipinski definition) is 3. The van der Waals surface area contributed by atoms with Crippen LogP contribution in [0.15, 0.2) is 58.3 Å². The van der Waals surface area contributed by atoms with Crippen molar-refractivity contribution in [3.63, 3.8) is 0 Å². The number of carbonyl (C=O) groups is 1. The molecule has 5 heteroatoms. The zero-order valence-electron chi connectivity index (χ0n) is 14.1. The van der Waals surface area contributed by atoms with Crippen molar-refractivity contribution in [1.29, 1.82) is 0 Å². The van der Waals surface area contributed by atoms with Crippen LogP contribution in [0, 0.1) is 5.41 Å². The van der Waals surface area contributed by atoms with Crippen molar-refractivity contribution in [2.75, 3.05) is 0 Å². The minimum absolute atomic E-state index is 0.0977. The van der Waals surface area contributed by atoms with Crippen molar-refractivity contribution in [3.8, 4) is 0 Å². The van der Waals surface area contributed by atoms with Crippen LogP contribution < -0.4 is 0 Å². The van der Waals surface area contributed by atoms with Crippen LogP contribution in [0.5, 0.6) is 0 Å². The minimum Gasteiger partial charge on any atom is -0.478 e. The molecule has 2 aromatic rings. The Bertz CT molecular complexity index is 831. The van der Waals surface area contributed by atoms with Gasteiger partial charge in [0, 0.05) is 0 Å². The average molecular weight is 346 g/mol. The molecule has 0 bridgehead atoms. The second-order valence-corrected chi connectivity index (χ2v) is 8.93. The average Bonchev–Trinajstić information content (AvgIpc) is 2.52. The van der Waals surface area contributed by atoms with E-state index in [1.54, 1.807) is 24.3 Å². The molecule has 0 heterocycles. The Kier molecular flexibility index (Phi) is 5.13. The Morgan fingerprint density at radius 1 is 1.04 bits per heavy atom. The molecule has 0 amide bonds. The molecule has 0 aliphatic heterocycles. The van der Waals surface area contributed by atoms with Gasteiger partial charge in [-0.2, -0.15) is 0 Å². The van der Waals surface area contributed by atoms with Gasteiger partial charge in [0.15, 0.2) is 0 Å². The number of rotatable bonds is 5. The summed E-state index contributed by atoms with van der Waals surface area (Å²) < 4.78 is 25.7. The van der Waals surface area contributed by atoms with Gasteiger partial charge < -0.3 is 5.11 Å². The van der Waals surface area contributed by atoms with Gasteiger partial charge in [-0.15, -0.1) is 0 Å². The maximum Gasteiger partial charge on any atom is 0.337 e. The SMILES string of the molecule is CC(C)(C)CCc1ccc(C(=O)O)c(S(=O)(=O)c2ccccc2)c1. The lowest BCUT2D eigenvalue weighted by Gasteiger charge is -2.18. The Labute approximate surface area is 143 Å². The highest BCUT2D eigenvalue weighted by Crippen LogP contribution is 2.27. The Hall–Kier alpha value is -2.14. The maximum atomic E-state index is 12.8. The zero-order chi connectivity index (χ0) is 18.0. The van der Waals surface area contributed by atoms with Gasteiger partial charge in [0.05, 0.1) is 15.4 Å². The molecule has 0 aliphatic rings. The van der Waals surface area contributed by atoms with Crippen LogP contribution in [0.4, 0.5) is 0 Å². The first kappa shape index (κ1) is 18.2. The van der Waals surface area contributed by atoms with E-state index >= 15 is 0 Å². The largest absolute Gasteiger partial charge is 0.478 e. The fourth-order valence-corrected chi connectivity index (χ4v) is 3.89. The van der Waals surface area contributed by atoms with Gasteiger partial charge in [0.25, 0.3) is 0 Å². The molecule has 0 aliphatic carbocycles. The maximum absolute atomic E-state index is 12.8. The molecule has 2 aromatic carbocycles. The van der Waals surface area contributed by atoms with Crippen molar-refractivity contribution >= 4 is 15.8 Å². The summed E-state index contributed by atoms with van der Waals surface area (Å²) in [6.07, 6.45) is 1.57. The molecule has 0 aromatic heterocycles. The first-order valence-electron chi connectivity index (χ1n) is 7.78. The van der Waals surface area contributed by atoms with Gasteiger partial charge in [0.2, 0.25) is 9.84 Å². The normalized spacial score (nSPS) is 12.1. The molecule has 4 nitrogen and oxygen atoms in total. The third-order valence-electron chi connectivity index (χ3n) is 3.78. The summed E-state index contributed by atoms with van der Waals surface area (Å²) in [5.74, 6) is -1.24. The summed E-state index contributed by atoms with van der Waals surface area (Å²) in [6.45, 7) is 6.33. The predicted molar refractivity (Wildman–Crippen MR) is 93.1 cm³/mol. The smallest absolute Gasteiger partial charge is 0.337 e. The second kappa shape index (κ2) is 6.77. The summed E-state index contributed by atoms with van der Waals surface area (Å²) in [6, 6.07) is 12.5. The van der Waals surface area contributed by atoms with Crippen molar-refractivity contribution in [2.45, 2.75) is 43.4 Å². The molecule has 0 atom stereocenters. The fraction of sp³-hybridized carbons (Fsp3) is 0.316. The van der Waals surface area contributed by atoms with E-state index in [0.717, 1.165) is 12.0 Å². The molecular formula is C19H22O4S. The summed E-state index contributed by atoms with van der Waals surface area (Å²) in [7, 11) is -3.87. The highest BCUT2D eigenvalue weighted by molar-refractivity contribution is 7.91. The number of aromatic carboxylic acids is 1. The lowest BCUT2D eigenvalue weighted by molar-refractivity contribution is 0.0692. The van der Waals surface area contributed by atoms with Gasteiger partial charge in [0.1, 0.15) is 0 Å². The predicted octanol–water partition coefficient (Wildman–Crippen LogP) is 4.20. The number of carboxylic acids is 1. The molecule has 24 heavy (non-hydrogen) atoms. The van der Waals surface area contributed by atoms with Crippen molar-refractivity contribution in [3.05, 3.63) is 59.7 Å². The number of sulfone groups is 1. The van der Waals surface area contributed by atoms with Crippen molar-refractivity contribution in [2.24, 2.45) is 5.41 Å². The number of aryl methyl sites for hydroxylation is 1. The van der Waals surface area contributed by atoms with E-state index in [0.29, 0.717) is 6.42 Å². The van der Waals surface area contributed by atoms with Crippen LogP contribution in [0.25, 0.3) is 0 Å². The highest BCUT2D eigenvalue weighted by Gasteiger charge is 2.25. The van der Waals surface area contributed by atoms with Gasteiger partial charge in [-0.3, -0.25) is 0 Å². The standard InChI is InChI=1S/C19H22O4S/c1-19(2,3)12-11-14-9-10-16(18(20)21)17(13-14)24(22,23)15-7-5-4-6-8-15/h4-10,13H,11-12H2,1-3H3,(H,20,21). The first-order chi connectivity index (χ1) is 11.1. The fourth-order valence-electron chi connectivity index (χ4n) is 2.37. The lowest BCUT2D eigenvalue weighted by Crippen LogP contribution is -2.11. The molecule has 0 radical (unpaired) electrons. The third-order valence-corrected chi connectivity index (χ3v) is 5.59. The summed E-state index contributed by atoms with van der Waals surface area (Å²) >= 11 is 0. The molecule has 0 spiro atoms. The number of hydrogen-bond donors (Lipinski definition) is 1. The molecule has 0 saturated heterocycles. The van der Waals surface area contributed by atoms with Gasteiger partial charge in [-0.05, 0) is 48.1 Å². The van der Waals surface area contributed by atoms with Crippen LogP contribution in [-0.2, 0) is 16.3 Å². The monoisotopic (exact) mass is 346 g/mol. The number of carboxylic acid groups (broad SMARTS) is 1. The van der Waals surface area contributed by atoms with E-state index in [4.69, 9.17) is 0 Å². The summed E-state index contributed by atoms with van der Waals surface area (Å²) in [5.41, 5.74) is 0.743. The molecular weight excluding hydrogens is 324 g/mol. The van der Waals surface area contributed by atoms with Crippen LogP contribution >= 0.6 is 0 Å². The van der Waals surface area contributed by atoms with Gasteiger partial charge in [-0.1, -0.05) is 45.0 Å². The quantitative estimate of drug-likeness (QED) is 0.881. The van der Waals surface area contributed by atoms with E-state index in [1.165, 1.54) is 24.3 Å². The Balaban J connectivity index is 2.52. The first-order valence-corrected chi connectivity index (χ1v) is 9.26. The van der Waals surface area contributed by atoms with E-state index < -0.39 is 15.8 Å². The Morgan fingerprint density at radius 3 is 2.21 bits per heavy atom. The third kappa shape index (κ3) is 4.23. The van der Waals surface area contributed by atoms with Gasteiger partial charge >= 0.3 is 5.97 Å². The molecule has 0 saturated carbocycles. The second-order valence-electron chi connectivity index (χ2n) is 7.01. The van der Waals surface area contributed by atoms with Crippen LogP contribution in [-0.4, -0.2) is 19.5 Å². The van der Waals surface area contributed by atoms with Crippen molar-refractivity contribution < 1.29 is 18.3 Å². The minimum atomic E-state index is -3.87. The summed E-state index contributed by atoms with van der Waals surface area (Å²) in [5, 5.41) is 9.36. The molecule has 0 fully saturated rings. The topological polar surface area (TPSA) is 71.4 Å². The molecule has 2 rings (SSSR count). The van der Waals surface area contributed by atoms with Crippen LogP contribution in [0.1, 0.15) is 43.1 Å². The van der Waals surface area contributed by atoms with E-state index in [9.17, 15) is 18.3 Å². The lowest BCUT2D eigenvalue weighted by atomic mass is 9.88. The van der Waals surface area contributed by atoms with E-state index in [2.05, 4.69) is 20.8 Å². The number of benzene rings is 2. The molecule has 1 N–H and O–H groups in total. The van der Waals surface area contributed by atoms with Gasteiger partial charge in [-0.25, -0.2) is 13.2 Å². The molecule has 128 valence electrons.